The Labute approximate surface area is 120 Å². The second kappa shape index (κ2) is 6.71. The van der Waals surface area contributed by atoms with Crippen LogP contribution in [-0.4, -0.2) is 23.7 Å². The van der Waals surface area contributed by atoms with Gasteiger partial charge >= 0.3 is 0 Å². The third kappa shape index (κ3) is 3.94. The molecule has 0 radical (unpaired) electrons. The van der Waals surface area contributed by atoms with Crippen molar-refractivity contribution in [1.82, 2.24) is 5.32 Å². The molecule has 1 unspecified atom stereocenters. The molecule has 3 atom stereocenters. The smallest absolute Gasteiger partial charge is 0.223 e. The summed E-state index contributed by atoms with van der Waals surface area (Å²) in [7, 11) is 0. The van der Waals surface area contributed by atoms with E-state index in [9.17, 15) is 4.79 Å². The predicted octanol–water partition coefficient (Wildman–Crippen LogP) is 2.23. The van der Waals surface area contributed by atoms with Crippen LogP contribution in [0.3, 0.4) is 0 Å². The first-order valence-corrected chi connectivity index (χ1v) is 7.23. The standard InChI is InChI=1S/C17H23NO2/c1-12-3-5-14(6-4-12)9-13(2)17(20)18-16-8-7-15(10-16)11-19/h3-8,13,15-16,19H,9-11H2,1-2H3,(H,18,20)/t13?,15-,16+/m0/s1. The molecule has 20 heavy (non-hydrogen) atoms. The number of benzene rings is 1. The lowest BCUT2D eigenvalue weighted by atomic mass is 9.99. The minimum Gasteiger partial charge on any atom is -0.396 e. The van der Waals surface area contributed by atoms with E-state index in [0.29, 0.717) is 0 Å². The number of hydrogen-bond acceptors (Lipinski definition) is 2. The van der Waals surface area contributed by atoms with Crippen molar-refractivity contribution in [2.75, 3.05) is 6.61 Å². The Morgan fingerprint density at radius 1 is 1.35 bits per heavy atom. The summed E-state index contributed by atoms with van der Waals surface area (Å²) in [4.78, 5) is 12.2. The van der Waals surface area contributed by atoms with E-state index in [1.807, 2.05) is 19.1 Å². The van der Waals surface area contributed by atoms with Gasteiger partial charge in [0.1, 0.15) is 0 Å². The number of carbonyl (C=O) groups is 1. The zero-order valence-corrected chi connectivity index (χ0v) is 12.2. The molecule has 1 amide bonds. The molecule has 0 saturated heterocycles. The number of nitrogens with one attached hydrogen (secondary N) is 1. The zero-order chi connectivity index (χ0) is 14.5. The molecule has 0 heterocycles. The van der Waals surface area contributed by atoms with Crippen LogP contribution in [-0.2, 0) is 11.2 Å². The zero-order valence-electron chi connectivity index (χ0n) is 12.2. The van der Waals surface area contributed by atoms with E-state index in [0.717, 1.165) is 12.8 Å². The van der Waals surface area contributed by atoms with E-state index >= 15 is 0 Å². The molecule has 3 heteroatoms. The molecule has 2 N–H and O–H groups in total. The van der Waals surface area contributed by atoms with Crippen LogP contribution in [0.1, 0.15) is 24.5 Å². The average molecular weight is 273 g/mol. The van der Waals surface area contributed by atoms with E-state index in [1.54, 1.807) is 0 Å². The van der Waals surface area contributed by atoms with Gasteiger partial charge in [0.25, 0.3) is 0 Å². The largest absolute Gasteiger partial charge is 0.396 e. The molecule has 108 valence electrons. The monoisotopic (exact) mass is 273 g/mol. The fourth-order valence-electron chi connectivity index (χ4n) is 2.51. The number of aliphatic hydroxyl groups is 1. The van der Waals surface area contributed by atoms with Gasteiger partial charge in [0.05, 0.1) is 0 Å². The van der Waals surface area contributed by atoms with Crippen LogP contribution in [0.5, 0.6) is 0 Å². The summed E-state index contributed by atoms with van der Waals surface area (Å²) in [5.41, 5.74) is 2.42. The van der Waals surface area contributed by atoms with Gasteiger partial charge in [0.2, 0.25) is 5.91 Å². The Morgan fingerprint density at radius 2 is 2.05 bits per heavy atom. The molecular weight excluding hydrogens is 250 g/mol. The van der Waals surface area contributed by atoms with E-state index in [1.165, 1.54) is 11.1 Å². The molecule has 0 aromatic heterocycles. The maximum atomic E-state index is 12.2. The predicted molar refractivity (Wildman–Crippen MR) is 80.3 cm³/mol. The molecule has 3 nitrogen and oxygen atoms in total. The molecule has 0 bridgehead atoms. The van der Waals surface area contributed by atoms with Crippen molar-refractivity contribution in [3.63, 3.8) is 0 Å². The van der Waals surface area contributed by atoms with E-state index < -0.39 is 0 Å². The van der Waals surface area contributed by atoms with Crippen molar-refractivity contribution in [2.45, 2.75) is 32.7 Å². The topological polar surface area (TPSA) is 49.3 Å². The van der Waals surface area contributed by atoms with Crippen molar-refractivity contribution in [3.8, 4) is 0 Å². The van der Waals surface area contributed by atoms with Gasteiger partial charge in [-0.1, -0.05) is 48.9 Å². The minimum absolute atomic E-state index is 0.0423. The lowest BCUT2D eigenvalue weighted by Crippen LogP contribution is -2.37. The van der Waals surface area contributed by atoms with Crippen LogP contribution >= 0.6 is 0 Å². The molecule has 1 aromatic rings. The Balaban J connectivity index is 1.83. The van der Waals surface area contributed by atoms with Crippen LogP contribution in [0.4, 0.5) is 0 Å². The summed E-state index contributed by atoms with van der Waals surface area (Å²) >= 11 is 0. The van der Waals surface area contributed by atoms with Crippen molar-refractivity contribution in [3.05, 3.63) is 47.5 Å². The van der Waals surface area contributed by atoms with Crippen molar-refractivity contribution in [1.29, 1.82) is 0 Å². The average Bonchev–Trinajstić information content (AvgIpc) is 2.89. The third-order valence-corrected chi connectivity index (χ3v) is 3.84. The Kier molecular flexibility index (Phi) is 4.96. The van der Waals surface area contributed by atoms with E-state index in [2.05, 4.69) is 36.5 Å². The van der Waals surface area contributed by atoms with Crippen LogP contribution < -0.4 is 5.32 Å². The highest BCUT2D eigenvalue weighted by molar-refractivity contribution is 5.79. The molecule has 1 aromatic carbocycles. The number of rotatable bonds is 5. The summed E-state index contributed by atoms with van der Waals surface area (Å²) < 4.78 is 0. The Morgan fingerprint density at radius 3 is 2.65 bits per heavy atom. The third-order valence-electron chi connectivity index (χ3n) is 3.84. The van der Waals surface area contributed by atoms with Crippen LogP contribution in [0.2, 0.25) is 0 Å². The lowest BCUT2D eigenvalue weighted by Gasteiger charge is -2.17. The summed E-state index contributed by atoms with van der Waals surface area (Å²) in [6, 6.07) is 8.38. The molecule has 0 fully saturated rings. The SMILES string of the molecule is Cc1ccc(CC(C)C(=O)N[C@@H]2C=C[C@H](CO)C2)cc1. The van der Waals surface area contributed by atoms with Gasteiger partial charge in [-0.3, -0.25) is 4.79 Å². The minimum atomic E-state index is -0.0423. The summed E-state index contributed by atoms with van der Waals surface area (Å²) in [5, 5.41) is 12.1. The van der Waals surface area contributed by atoms with Crippen LogP contribution in [0, 0.1) is 18.8 Å². The van der Waals surface area contributed by atoms with Gasteiger partial charge in [0.15, 0.2) is 0 Å². The molecule has 2 rings (SSSR count). The summed E-state index contributed by atoms with van der Waals surface area (Å²) in [5.74, 6) is 0.228. The maximum absolute atomic E-state index is 12.2. The first kappa shape index (κ1) is 14.8. The number of hydrogen-bond donors (Lipinski definition) is 2. The fraction of sp³-hybridized carbons (Fsp3) is 0.471. The summed E-state index contributed by atoms with van der Waals surface area (Å²) in [6.45, 7) is 4.17. The normalized spacial score (nSPS) is 22.8. The van der Waals surface area contributed by atoms with Gasteiger partial charge in [-0.05, 0) is 25.3 Å². The first-order valence-electron chi connectivity index (χ1n) is 7.23. The highest BCUT2D eigenvalue weighted by atomic mass is 16.3. The number of carbonyl (C=O) groups excluding carboxylic acids is 1. The van der Waals surface area contributed by atoms with Crippen molar-refractivity contribution in [2.24, 2.45) is 11.8 Å². The number of aryl methyl sites for hydroxylation is 1. The number of amides is 1. The van der Waals surface area contributed by atoms with Crippen LogP contribution in [0.15, 0.2) is 36.4 Å². The van der Waals surface area contributed by atoms with Crippen molar-refractivity contribution >= 4 is 5.91 Å². The molecule has 1 aliphatic rings. The molecule has 0 aliphatic heterocycles. The van der Waals surface area contributed by atoms with Crippen molar-refractivity contribution < 1.29 is 9.90 Å². The van der Waals surface area contributed by atoms with Crippen LogP contribution in [0.25, 0.3) is 0 Å². The first-order chi connectivity index (χ1) is 9.58. The quantitative estimate of drug-likeness (QED) is 0.808. The number of aliphatic hydroxyl groups excluding tert-OH is 1. The molecular formula is C17H23NO2. The molecule has 0 saturated carbocycles. The highest BCUT2D eigenvalue weighted by Gasteiger charge is 2.22. The molecule has 0 spiro atoms. The Bertz CT molecular complexity index is 478. The van der Waals surface area contributed by atoms with E-state index in [-0.39, 0.29) is 30.4 Å². The van der Waals surface area contributed by atoms with Gasteiger partial charge in [-0.2, -0.15) is 0 Å². The summed E-state index contributed by atoms with van der Waals surface area (Å²) in [6.07, 6.45) is 5.53. The molecule has 1 aliphatic carbocycles. The second-order valence-corrected chi connectivity index (χ2v) is 5.77. The maximum Gasteiger partial charge on any atom is 0.223 e. The lowest BCUT2D eigenvalue weighted by molar-refractivity contribution is -0.124. The Hall–Kier alpha value is -1.61. The highest BCUT2D eigenvalue weighted by Crippen LogP contribution is 2.18. The van der Waals surface area contributed by atoms with Gasteiger partial charge < -0.3 is 10.4 Å². The second-order valence-electron chi connectivity index (χ2n) is 5.77. The van der Waals surface area contributed by atoms with Gasteiger partial charge in [0, 0.05) is 24.5 Å². The van der Waals surface area contributed by atoms with Gasteiger partial charge in [-0.25, -0.2) is 0 Å². The van der Waals surface area contributed by atoms with E-state index in [4.69, 9.17) is 5.11 Å². The van der Waals surface area contributed by atoms with Gasteiger partial charge in [-0.15, -0.1) is 0 Å². The fourth-order valence-corrected chi connectivity index (χ4v) is 2.51.